The largest absolute Gasteiger partial charge is 0.474 e. The number of nitrogens with zero attached hydrogens (tertiary/aromatic N) is 2. The molecule has 1 aromatic rings. The van der Waals surface area contributed by atoms with E-state index in [1.54, 1.807) is 0 Å². The Hall–Kier alpha value is -2.18. The maximum absolute atomic E-state index is 11.4. The highest BCUT2D eigenvalue weighted by Gasteiger charge is 2.32. The van der Waals surface area contributed by atoms with Gasteiger partial charge in [-0.15, -0.1) is 0 Å². The number of nitro groups is 1. The van der Waals surface area contributed by atoms with Crippen molar-refractivity contribution in [3.8, 4) is 5.88 Å². The van der Waals surface area contributed by atoms with Crippen LogP contribution < -0.4 is 4.74 Å². The van der Waals surface area contributed by atoms with E-state index < -0.39 is 4.92 Å². The summed E-state index contributed by atoms with van der Waals surface area (Å²) < 4.78 is 10.3. The van der Waals surface area contributed by atoms with Gasteiger partial charge in [0.25, 0.3) is 5.69 Å². The number of aromatic nitrogens is 1. The van der Waals surface area contributed by atoms with Crippen molar-refractivity contribution in [1.29, 1.82) is 0 Å². The van der Waals surface area contributed by atoms with Crippen molar-refractivity contribution in [2.75, 3.05) is 7.11 Å². The molecule has 1 fully saturated rings. The lowest BCUT2D eigenvalue weighted by Gasteiger charge is -2.12. The van der Waals surface area contributed by atoms with Gasteiger partial charge in [0, 0.05) is 12.1 Å². The van der Waals surface area contributed by atoms with Gasteiger partial charge < -0.3 is 9.47 Å². The number of carbonyl (C=O) groups excluding carboxylic acids is 1. The predicted molar refractivity (Wildman–Crippen MR) is 64.7 cm³/mol. The van der Waals surface area contributed by atoms with Gasteiger partial charge >= 0.3 is 5.97 Å². The van der Waals surface area contributed by atoms with E-state index in [1.165, 1.54) is 19.2 Å². The Balaban J connectivity index is 1.92. The van der Waals surface area contributed by atoms with E-state index >= 15 is 0 Å². The minimum atomic E-state index is -0.514. The van der Waals surface area contributed by atoms with Crippen molar-refractivity contribution in [2.24, 2.45) is 5.92 Å². The first-order chi connectivity index (χ1) is 9.10. The van der Waals surface area contributed by atoms with Crippen LogP contribution in [0.1, 0.15) is 19.3 Å². The van der Waals surface area contributed by atoms with E-state index in [0.29, 0.717) is 12.3 Å². The second kappa shape index (κ2) is 5.64. The van der Waals surface area contributed by atoms with E-state index in [9.17, 15) is 14.9 Å². The highest BCUT2D eigenvalue weighted by atomic mass is 16.6. The normalized spacial score (nSPS) is 21.9. The Kier molecular flexibility index (Phi) is 3.94. The SMILES string of the molecule is COC(=O)C1CCC(Oc2ccc([N+](=O)[O-])cn2)C1. The summed E-state index contributed by atoms with van der Waals surface area (Å²) in [4.78, 5) is 25.2. The van der Waals surface area contributed by atoms with Crippen LogP contribution in [0.3, 0.4) is 0 Å². The first-order valence-corrected chi connectivity index (χ1v) is 5.95. The van der Waals surface area contributed by atoms with Crippen LogP contribution in [0.25, 0.3) is 0 Å². The molecule has 0 N–H and O–H groups in total. The molecule has 7 nitrogen and oxygen atoms in total. The molecule has 1 aliphatic rings. The van der Waals surface area contributed by atoms with Crippen molar-refractivity contribution in [3.05, 3.63) is 28.4 Å². The van der Waals surface area contributed by atoms with Gasteiger partial charge in [-0.3, -0.25) is 14.9 Å². The summed E-state index contributed by atoms with van der Waals surface area (Å²) in [6.45, 7) is 0. The standard InChI is InChI=1S/C12H14N2O5/c1-18-12(15)8-2-4-10(6-8)19-11-5-3-9(7-13-11)14(16)17/h3,5,7-8,10H,2,4,6H2,1H3. The van der Waals surface area contributed by atoms with Gasteiger partial charge in [-0.2, -0.15) is 0 Å². The Morgan fingerprint density at radius 1 is 1.47 bits per heavy atom. The first kappa shape index (κ1) is 13.3. The summed E-state index contributed by atoms with van der Waals surface area (Å²) in [6.07, 6.45) is 3.12. The van der Waals surface area contributed by atoms with Crippen LogP contribution in [0.4, 0.5) is 5.69 Å². The molecule has 0 aliphatic heterocycles. The quantitative estimate of drug-likeness (QED) is 0.468. The number of methoxy groups -OCH3 is 1. The van der Waals surface area contributed by atoms with Gasteiger partial charge in [-0.25, -0.2) is 4.98 Å². The molecular weight excluding hydrogens is 252 g/mol. The molecule has 2 unspecified atom stereocenters. The van der Waals surface area contributed by atoms with Crippen LogP contribution in [0.5, 0.6) is 5.88 Å². The zero-order chi connectivity index (χ0) is 13.8. The van der Waals surface area contributed by atoms with Gasteiger partial charge in [0.1, 0.15) is 12.3 Å². The summed E-state index contributed by atoms with van der Waals surface area (Å²) in [5.41, 5.74) is -0.0776. The number of hydrogen-bond donors (Lipinski definition) is 0. The fraction of sp³-hybridized carbons (Fsp3) is 0.500. The van der Waals surface area contributed by atoms with Crippen LogP contribution in [0, 0.1) is 16.0 Å². The van der Waals surface area contributed by atoms with E-state index in [2.05, 4.69) is 9.72 Å². The molecule has 2 rings (SSSR count). The van der Waals surface area contributed by atoms with E-state index in [4.69, 9.17) is 4.74 Å². The monoisotopic (exact) mass is 266 g/mol. The summed E-state index contributed by atoms with van der Waals surface area (Å²) in [7, 11) is 1.37. The molecule has 0 spiro atoms. The molecule has 19 heavy (non-hydrogen) atoms. The van der Waals surface area contributed by atoms with E-state index in [1.807, 2.05) is 0 Å². The van der Waals surface area contributed by atoms with Crippen molar-refractivity contribution in [3.63, 3.8) is 0 Å². The smallest absolute Gasteiger partial charge is 0.308 e. The molecule has 0 saturated heterocycles. The van der Waals surface area contributed by atoms with Crippen molar-refractivity contribution < 1.29 is 19.2 Å². The van der Waals surface area contributed by atoms with Crippen molar-refractivity contribution in [1.82, 2.24) is 4.98 Å². The molecule has 1 saturated carbocycles. The fourth-order valence-corrected chi connectivity index (χ4v) is 2.15. The molecule has 1 heterocycles. The maximum atomic E-state index is 11.4. The number of hydrogen-bond acceptors (Lipinski definition) is 6. The molecule has 2 atom stereocenters. The molecule has 0 bridgehead atoms. The number of pyridine rings is 1. The average molecular weight is 266 g/mol. The Labute approximate surface area is 109 Å². The number of carbonyl (C=O) groups is 1. The zero-order valence-corrected chi connectivity index (χ0v) is 10.4. The highest BCUT2D eigenvalue weighted by Crippen LogP contribution is 2.29. The lowest BCUT2D eigenvalue weighted by atomic mass is 10.1. The van der Waals surface area contributed by atoms with Crippen molar-refractivity contribution >= 4 is 11.7 Å². The van der Waals surface area contributed by atoms with Crippen LogP contribution in [-0.4, -0.2) is 29.1 Å². The molecular formula is C12H14N2O5. The minimum absolute atomic E-state index is 0.0776. The van der Waals surface area contributed by atoms with Gasteiger partial charge in [-0.05, 0) is 19.3 Å². The summed E-state index contributed by atoms with van der Waals surface area (Å²) in [6, 6.07) is 2.80. The van der Waals surface area contributed by atoms with Gasteiger partial charge in [-0.1, -0.05) is 0 Å². The summed E-state index contributed by atoms with van der Waals surface area (Å²) in [5.74, 6) is -0.0167. The van der Waals surface area contributed by atoms with E-state index in [-0.39, 0.29) is 23.7 Å². The topological polar surface area (TPSA) is 91.6 Å². The predicted octanol–water partition coefficient (Wildman–Crippen LogP) is 1.71. The number of rotatable bonds is 4. The third-order valence-electron chi connectivity index (χ3n) is 3.14. The van der Waals surface area contributed by atoms with Crippen LogP contribution in [0.15, 0.2) is 18.3 Å². The molecule has 7 heteroatoms. The number of esters is 1. The zero-order valence-electron chi connectivity index (χ0n) is 10.4. The molecule has 0 radical (unpaired) electrons. The van der Waals surface area contributed by atoms with Gasteiger partial charge in [0.15, 0.2) is 0 Å². The van der Waals surface area contributed by atoms with Crippen molar-refractivity contribution in [2.45, 2.75) is 25.4 Å². The number of ether oxygens (including phenoxy) is 2. The Morgan fingerprint density at radius 3 is 2.84 bits per heavy atom. The van der Waals surface area contributed by atoms with Gasteiger partial charge in [0.05, 0.1) is 18.0 Å². The molecule has 0 aromatic carbocycles. The molecule has 0 amide bonds. The second-order valence-corrected chi connectivity index (χ2v) is 4.38. The molecule has 1 aromatic heterocycles. The van der Waals surface area contributed by atoms with Crippen LogP contribution in [-0.2, 0) is 9.53 Å². The Bertz CT molecular complexity index is 474. The van der Waals surface area contributed by atoms with Crippen LogP contribution in [0.2, 0.25) is 0 Å². The minimum Gasteiger partial charge on any atom is -0.474 e. The highest BCUT2D eigenvalue weighted by molar-refractivity contribution is 5.72. The lowest BCUT2D eigenvalue weighted by Crippen LogP contribution is -2.17. The fourth-order valence-electron chi connectivity index (χ4n) is 2.15. The average Bonchev–Trinajstić information content (AvgIpc) is 2.87. The first-order valence-electron chi connectivity index (χ1n) is 5.95. The van der Waals surface area contributed by atoms with E-state index in [0.717, 1.165) is 19.0 Å². The molecule has 102 valence electrons. The molecule has 1 aliphatic carbocycles. The van der Waals surface area contributed by atoms with Gasteiger partial charge in [0.2, 0.25) is 5.88 Å². The summed E-state index contributed by atoms with van der Waals surface area (Å²) >= 11 is 0. The van der Waals surface area contributed by atoms with Crippen LogP contribution >= 0.6 is 0 Å². The second-order valence-electron chi connectivity index (χ2n) is 4.38. The third kappa shape index (κ3) is 3.18. The maximum Gasteiger partial charge on any atom is 0.308 e. The Morgan fingerprint density at radius 2 is 2.26 bits per heavy atom. The third-order valence-corrected chi connectivity index (χ3v) is 3.14. The lowest BCUT2D eigenvalue weighted by molar-refractivity contribution is -0.385. The summed E-state index contributed by atoms with van der Waals surface area (Å²) in [5, 5.41) is 10.5.